The van der Waals surface area contributed by atoms with Crippen LogP contribution < -0.4 is 15.4 Å². The predicted octanol–water partition coefficient (Wildman–Crippen LogP) is 4.84. The van der Waals surface area contributed by atoms with Gasteiger partial charge >= 0.3 is 12.7 Å². The van der Waals surface area contributed by atoms with Crippen molar-refractivity contribution in [3.05, 3.63) is 47.4 Å². The molecule has 2 unspecified atom stereocenters. The zero-order valence-electron chi connectivity index (χ0n) is 24.5. The Kier molecular flexibility index (Phi) is 8.26. The molecule has 0 bridgehead atoms. The van der Waals surface area contributed by atoms with Gasteiger partial charge in [0.1, 0.15) is 33.8 Å². The molecule has 2 amide bonds. The number of nitrogens with zero attached hydrogens (tertiary/aromatic N) is 3. The lowest BCUT2D eigenvalue weighted by Crippen LogP contribution is -2.64. The third kappa shape index (κ3) is 5.90. The number of carbonyl (C=O) groups is 2. The predicted molar refractivity (Wildman–Crippen MR) is 152 cm³/mol. The third-order valence-electron chi connectivity index (χ3n) is 7.57. The number of carbonyl (C=O) groups excluding carboxylic acids is 2. The van der Waals surface area contributed by atoms with E-state index in [1.165, 1.54) is 31.2 Å². The number of amides is 2. The summed E-state index contributed by atoms with van der Waals surface area (Å²) in [6, 6.07) is 1.26. The van der Waals surface area contributed by atoms with Crippen molar-refractivity contribution in [3.8, 4) is 5.75 Å². The summed E-state index contributed by atoms with van der Waals surface area (Å²) in [4.78, 5) is 34.6. The van der Waals surface area contributed by atoms with Gasteiger partial charge in [-0.2, -0.15) is 8.78 Å². The Labute approximate surface area is 243 Å². The van der Waals surface area contributed by atoms with E-state index in [1.54, 1.807) is 41.5 Å². The Morgan fingerprint density at radius 2 is 1.88 bits per heavy atom. The first-order valence-electron chi connectivity index (χ1n) is 13.5. The fourth-order valence-electron chi connectivity index (χ4n) is 5.52. The summed E-state index contributed by atoms with van der Waals surface area (Å²) in [6.07, 6.45) is 3.26. The molecule has 10 nitrogen and oxygen atoms in total. The normalized spacial score (nSPS) is 30.0. The molecule has 5 atom stereocenters. The van der Waals surface area contributed by atoms with Crippen LogP contribution in [-0.4, -0.2) is 67.5 Å². The average Bonchev–Trinajstić information content (AvgIpc) is 3.27. The number of aryl methyl sites for hydroxylation is 1. The number of nitrogens with one attached hydrogen (secondary N) is 2. The van der Waals surface area contributed by atoms with Crippen LogP contribution in [0.1, 0.15) is 64.0 Å². The van der Waals surface area contributed by atoms with Gasteiger partial charge < -0.3 is 14.8 Å². The van der Waals surface area contributed by atoms with Crippen molar-refractivity contribution in [1.82, 2.24) is 15.6 Å². The monoisotopic (exact) mass is 611 g/mol. The molecule has 0 aromatic carbocycles. The number of hydrogen-bond donors (Lipinski definition) is 2. The van der Waals surface area contributed by atoms with Crippen LogP contribution in [-0.2, 0) is 14.5 Å². The number of aliphatic imine (C=N–C) groups is 1. The van der Waals surface area contributed by atoms with Crippen molar-refractivity contribution in [2.75, 3.05) is 6.54 Å². The molecule has 0 saturated carbocycles. The molecule has 0 radical (unpaired) electrons. The molecular weight excluding hydrogens is 575 g/mol. The van der Waals surface area contributed by atoms with Crippen molar-refractivity contribution in [2.24, 2.45) is 15.3 Å². The number of fused-ring (bicyclic) bond motifs is 1. The Morgan fingerprint density at radius 1 is 1.19 bits per heavy atom. The number of alkyl halides is 3. The molecule has 2 aliphatic heterocycles. The minimum Gasteiger partial charge on any atom is -0.444 e. The van der Waals surface area contributed by atoms with E-state index in [2.05, 4.69) is 24.7 Å². The molecule has 4 rings (SSSR count). The van der Waals surface area contributed by atoms with Gasteiger partial charge in [0.05, 0.1) is 26.7 Å². The highest BCUT2D eigenvalue weighted by atomic mass is 32.2. The molecule has 1 aromatic heterocycles. The summed E-state index contributed by atoms with van der Waals surface area (Å²) in [7, 11) is -3.05. The first kappa shape index (κ1) is 31.5. The maximum atomic E-state index is 15.7. The van der Waals surface area contributed by atoms with Crippen LogP contribution in [0.5, 0.6) is 5.75 Å². The van der Waals surface area contributed by atoms with Crippen LogP contribution in [0.2, 0.25) is 0 Å². The quantitative estimate of drug-likeness (QED) is 0.490. The largest absolute Gasteiger partial charge is 0.444 e. The van der Waals surface area contributed by atoms with Crippen LogP contribution in [0, 0.1) is 12.8 Å². The molecule has 3 heterocycles. The SMILES string of the molecule is Cc1cc(OC(F)F)cnc1C(=O)NC1=CC([C@@]2(C)N=C(NC(=O)OC(C)(C)C)C(C)(C)[S@@]3(=O)=NCC[C@@H]23)C(F)C=C1. The van der Waals surface area contributed by atoms with E-state index in [4.69, 9.17) is 9.73 Å². The zero-order chi connectivity index (χ0) is 31.3. The lowest BCUT2D eigenvalue weighted by Gasteiger charge is -2.48. The summed E-state index contributed by atoms with van der Waals surface area (Å²) in [5.41, 5.74) is -1.61. The number of amidine groups is 1. The van der Waals surface area contributed by atoms with Gasteiger partial charge in [-0.3, -0.25) is 15.1 Å². The molecule has 14 heteroatoms. The van der Waals surface area contributed by atoms with Crippen molar-refractivity contribution < 1.29 is 36.4 Å². The lowest BCUT2D eigenvalue weighted by atomic mass is 9.76. The molecule has 0 fully saturated rings. The van der Waals surface area contributed by atoms with Gasteiger partial charge in [-0.1, -0.05) is 6.08 Å². The highest BCUT2D eigenvalue weighted by molar-refractivity contribution is 7.96. The number of halogens is 3. The first-order chi connectivity index (χ1) is 19.4. The number of allylic oxidation sites excluding steroid dienone is 2. The molecular formula is C28H36F3N5O5S. The number of rotatable bonds is 5. The van der Waals surface area contributed by atoms with Gasteiger partial charge in [0.15, 0.2) is 0 Å². The molecule has 1 aromatic rings. The average molecular weight is 612 g/mol. The summed E-state index contributed by atoms with van der Waals surface area (Å²) >= 11 is 0. The van der Waals surface area contributed by atoms with E-state index in [0.29, 0.717) is 18.5 Å². The van der Waals surface area contributed by atoms with E-state index in [1.807, 2.05) is 0 Å². The van der Waals surface area contributed by atoms with Gasteiger partial charge in [-0.05, 0) is 78.7 Å². The number of aromatic nitrogens is 1. The molecule has 0 spiro atoms. The molecule has 230 valence electrons. The zero-order valence-corrected chi connectivity index (χ0v) is 25.4. The molecule has 2 N–H and O–H groups in total. The fourth-order valence-corrected chi connectivity index (χ4v) is 8.76. The van der Waals surface area contributed by atoms with Gasteiger partial charge in [0.25, 0.3) is 5.91 Å². The number of ether oxygens (including phenoxy) is 2. The van der Waals surface area contributed by atoms with Gasteiger partial charge in [-0.15, -0.1) is 0 Å². The highest BCUT2D eigenvalue weighted by Crippen LogP contribution is 2.48. The lowest BCUT2D eigenvalue weighted by molar-refractivity contribution is -0.0501. The topological polar surface area (TPSA) is 131 Å². The van der Waals surface area contributed by atoms with Gasteiger partial charge in [0, 0.05) is 18.2 Å². The second-order valence-electron chi connectivity index (χ2n) is 12.1. The van der Waals surface area contributed by atoms with Crippen LogP contribution in [0.4, 0.5) is 18.0 Å². The molecule has 3 aliphatic rings. The highest BCUT2D eigenvalue weighted by Gasteiger charge is 2.60. The van der Waals surface area contributed by atoms with Crippen molar-refractivity contribution in [1.29, 1.82) is 0 Å². The van der Waals surface area contributed by atoms with Gasteiger partial charge in [-0.25, -0.2) is 22.7 Å². The van der Waals surface area contributed by atoms with Crippen LogP contribution in [0.25, 0.3) is 0 Å². The summed E-state index contributed by atoms with van der Waals surface area (Å²) in [5.74, 6) is -1.74. The minimum atomic E-state index is -3.05. The molecule has 0 saturated heterocycles. The third-order valence-corrected chi connectivity index (χ3v) is 11.3. The second kappa shape index (κ2) is 11.0. The number of pyridine rings is 1. The molecule has 1 aliphatic carbocycles. The fraction of sp³-hybridized carbons (Fsp3) is 0.571. The summed E-state index contributed by atoms with van der Waals surface area (Å²) in [5, 5.41) is 4.70. The smallest absolute Gasteiger partial charge is 0.413 e. The Bertz CT molecular complexity index is 1490. The van der Waals surface area contributed by atoms with Gasteiger partial charge in [0.2, 0.25) is 0 Å². The number of hydrogen-bond acceptors (Lipinski definition) is 8. The first-order valence-corrected chi connectivity index (χ1v) is 15.0. The Morgan fingerprint density at radius 3 is 2.50 bits per heavy atom. The second-order valence-corrected chi connectivity index (χ2v) is 15.1. The maximum absolute atomic E-state index is 15.7. The van der Waals surface area contributed by atoms with E-state index in [-0.39, 0.29) is 23.0 Å². The summed E-state index contributed by atoms with van der Waals surface area (Å²) < 4.78 is 68.3. The Hall–Kier alpha value is -3.42. The molecule has 42 heavy (non-hydrogen) atoms. The number of alkyl carbamates (subject to hydrolysis) is 1. The van der Waals surface area contributed by atoms with E-state index < -0.39 is 61.6 Å². The van der Waals surface area contributed by atoms with E-state index in [9.17, 15) is 22.6 Å². The maximum Gasteiger partial charge on any atom is 0.413 e. The Balaban J connectivity index is 1.69. The van der Waals surface area contributed by atoms with Crippen molar-refractivity contribution >= 4 is 27.6 Å². The van der Waals surface area contributed by atoms with E-state index >= 15 is 4.39 Å². The van der Waals surface area contributed by atoms with Crippen LogP contribution >= 0.6 is 0 Å². The van der Waals surface area contributed by atoms with Crippen LogP contribution in [0.3, 0.4) is 0 Å². The van der Waals surface area contributed by atoms with Crippen molar-refractivity contribution in [2.45, 2.75) is 88.8 Å². The van der Waals surface area contributed by atoms with E-state index in [0.717, 1.165) is 6.20 Å². The standard InChI is InChI=1S/C28H36F3N5O5S/c1-15-12-17(40-24(30)31)14-32-21(15)22(37)34-16-8-9-19(29)18(13-16)28(7)20-10-11-33-42(20,39)27(5,6)23(36-28)35-25(38)41-26(2,3)4/h8-9,12-14,18-20,24H,10-11H2,1-7H3,(H,34,37)(H,35,36,38)/t18?,19?,20-,28+,42+/m0/s1. The van der Waals surface area contributed by atoms with Crippen molar-refractivity contribution in [3.63, 3.8) is 0 Å². The summed E-state index contributed by atoms with van der Waals surface area (Å²) in [6.45, 7) is 8.96. The minimum absolute atomic E-state index is 0.0325. The van der Waals surface area contributed by atoms with Crippen LogP contribution in [0.15, 0.2) is 45.5 Å².